The van der Waals surface area contributed by atoms with Crippen molar-refractivity contribution in [2.75, 3.05) is 25.0 Å². The Morgan fingerprint density at radius 2 is 1.96 bits per heavy atom. The zero-order valence-corrected chi connectivity index (χ0v) is 17.4. The van der Waals surface area contributed by atoms with Gasteiger partial charge in [-0.3, -0.25) is 4.90 Å². The van der Waals surface area contributed by atoms with Gasteiger partial charge in [-0.2, -0.15) is 0 Å². The number of aromatic nitrogens is 2. The van der Waals surface area contributed by atoms with E-state index in [0.717, 1.165) is 64.7 Å². The number of halogens is 1. The zero-order chi connectivity index (χ0) is 18.8. The number of para-hydroxylation sites is 1. The fraction of sp³-hybridized carbons (Fsp3) is 0.429. The summed E-state index contributed by atoms with van der Waals surface area (Å²) in [6.45, 7) is 7.93. The van der Waals surface area contributed by atoms with E-state index in [0.29, 0.717) is 5.92 Å². The highest BCUT2D eigenvalue weighted by molar-refractivity contribution is 9.10. The minimum absolute atomic E-state index is 0.672. The second-order valence-electron chi connectivity index (χ2n) is 7.36. The van der Waals surface area contributed by atoms with Crippen LogP contribution in [0.3, 0.4) is 0 Å². The molecule has 1 aliphatic heterocycles. The lowest BCUT2D eigenvalue weighted by Gasteiger charge is -2.31. The lowest BCUT2D eigenvalue weighted by atomic mass is 9.97. The van der Waals surface area contributed by atoms with Gasteiger partial charge in [0.1, 0.15) is 11.6 Å². The first-order chi connectivity index (χ1) is 13.1. The molecule has 5 nitrogen and oxygen atoms in total. The van der Waals surface area contributed by atoms with Crippen LogP contribution in [0, 0.1) is 19.8 Å². The molecule has 27 heavy (non-hydrogen) atoms. The van der Waals surface area contributed by atoms with Crippen molar-refractivity contribution in [3.8, 4) is 0 Å². The number of rotatable bonds is 5. The van der Waals surface area contributed by atoms with Gasteiger partial charge in [-0.25, -0.2) is 9.97 Å². The van der Waals surface area contributed by atoms with Crippen LogP contribution < -0.4 is 5.32 Å². The van der Waals surface area contributed by atoms with Crippen LogP contribution in [0.4, 0.5) is 5.82 Å². The molecule has 2 aromatic heterocycles. The molecule has 0 spiro atoms. The minimum atomic E-state index is 0.672. The smallest absolute Gasteiger partial charge is 0.208 e. The normalized spacial score (nSPS) is 16.1. The van der Waals surface area contributed by atoms with Crippen molar-refractivity contribution in [2.45, 2.75) is 33.2 Å². The van der Waals surface area contributed by atoms with Crippen LogP contribution in [-0.4, -0.2) is 34.5 Å². The van der Waals surface area contributed by atoms with E-state index in [1.165, 1.54) is 12.8 Å². The van der Waals surface area contributed by atoms with Gasteiger partial charge >= 0.3 is 0 Å². The summed E-state index contributed by atoms with van der Waals surface area (Å²) in [5.41, 5.74) is 2.01. The average molecular weight is 429 g/mol. The summed E-state index contributed by atoms with van der Waals surface area (Å²) in [5.74, 6) is 3.39. The molecule has 0 amide bonds. The van der Waals surface area contributed by atoms with Crippen molar-refractivity contribution < 1.29 is 4.42 Å². The molecular formula is C21H25BrN4O. The monoisotopic (exact) mass is 428 g/mol. The molecule has 3 aromatic rings. The van der Waals surface area contributed by atoms with Crippen LogP contribution in [0.2, 0.25) is 0 Å². The summed E-state index contributed by atoms with van der Waals surface area (Å²) in [4.78, 5) is 11.7. The van der Waals surface area contributed by atoms with Gasteiger partial charge in [0.2, 0.25) is 5.89 Å². The number of benzene rings is 1. The number of anilines is 1. The van der Waals surface area contributed by atoms with Crippen molar-refractivity contribution in [1.82, 2.24) is 14.9 Å². The number of fused-ring (bicyclic) bond motifs is 1. The van der Waals surface area contributed by atoms with E-state index in [-0.39, 0.29) is 0 Å². The van der Waals surface area contributed by atoms with E-state index in [4.69, 9.17) is 9.40 Å². The highest BCUT2D eigenvalue weighted by Crippen LogP contribution is 2.24. The lowest BCUT2D eigenvalue weighted by molar-refractivity contribution is 0.167. The summed E-state index contributed by atoms with van der Waals surface area (Å²) in [7, 11) is 0. The summed E-state index contributed by atoms with van der Waals surface area (Å²) < 4.78 is 6.75. The van der Waals surface area contributed by atoms with Crippen LogP contribution >= 0.6 is 15.9 Å². The summed E-state index contributed by atoms with van der Waals surface area (Å²) in [5, 5.41) is 4.68. The van der Waals surface area contributed by atoms with Crippen molar-refractivity contribution in [3.63, 3.8) is 0 Å². The van der Waals surface area contributed by atoms with E-state index in [9.17, 15) is 0 Å². The Balaban J connectivity index is 1.29. The molecule has 1 aromatic carbocycles. The molecule has 4 rings (SSSR count). The maximum absolute atomic E-state index is 5.72. The van der Waals surface area contributed by atoms with Crippen LogP contribution in [0.15, 0.2) is 39.2 Å². The number of likely N-dealkylation sites (tertiary alicyclic amines) is 1. The molecule has 1 N–H and O–H groups in total. The first-order valence-corrected chi connectivity index (χ1v) is 10.3. The van der Waals surface area contributed by atoms with Crippen molar-refractivity contribution in [1.29, 1.82) is 0 Å². The second kappa shape index (κ2) is 7.98. The molecule has 0 aliphatic carbocycles. The van der Waals surface area contributed by atoms with Crippen LogP contribution in [0.25, 0.3) is 10.9 Å². The molecule has 0 radical (unpaired) electrons. The number of nitrogens with one attached hydrogen (secondary N) is 1. The molecular weight excluding hydrogens is 404 g/mol. The van der Waals surface area contributed by atoms with Gasteiger partial charge in [-0.1, -0.05) is 12.1 Å². The molecule has 1 saturated heterocycles. The SMILES string of the molecule is Cc1nc(CN2CCC(CNc3ccc4cccc(Br)c4n3)CC2)oc1C. The Morgan fingerprint density at radius 1 is 1.15 bits per heavy atom. The quantitative estimate of drug-likeness (QED) is 0.624. The molecule has 142 valence electrons. The van der Waals surface area contributed by atoms with E-state index in [2.05, 4.69) is 49.3 Å². The first kappa shape index (κ1) is 18.4. The molecule has 0 atom stereocenters. The predicted octanol–water partition coefficient (Wildman–Crippen LogP) is 4.93. The lowest BCUT2D eigenvalue weighted by Crippen LogP contribution is -2.35. The number of aryl methyl sites for hydroxylation is 2. The van der Waals surface area contributed by atoms with Gasteiger partial charge in [0.25, 0.3) is 0 Å². The van der Waals surface area contributed by atoms with Crippen molar-refractivity contribution in [2.24, 2.45) is 5.92 Å². The average Bonchev–Trinajstić information content (AvgIpc) is 2.99. The number of oxazole rings is 1. The van der Waals surface area contributed by atoms with Crippen molar-refractivity contribution >= 4 is 32.7 Å². The van der Waals surface area contributed by atoms with Crippen LogP contribution in [0.5, 0.6) is 0 Å². The maximum Gasteiger partial charge on any atom is 0.208 e. The third-order valence-corrected chi connectivity index (χ3v) is 6.02. The Morgan fingerprint density at radius 3 is 2.70 bits per heavy atom. The number of hydrogen-bond acceptors (Lipinski definition) is 5. The van der Waals surface area contributed by atoms with Gasteiger partial charge < -0.3 is 9.73 Å². The summed E-state index contributed by atoms with van der Waals surface area (Å²) >= 11 is 3.59. The van der Waals surface area contributed by atoms with E-state index < -0.39 is 0 Å². The van der Waals surface area contributed by atoms with E-state index >= 15 is 0 Å². The molecule has 1 aliphatic rings. The molecule has 3 heterocycles. The largest absolute Gasteiger partial charge is 0.444 e. The summed E-state index contributed by atoms with van der Waals surface area (Å²) in [6, 6.07) is 10.3. The first-order valence-electron chi connectivity index (χ1n) is 9.53. The molecule has 6 heteroatoms. The van der Waals surface area contributed by atoms with Gasteiger partial charge in [-0.05, 0) is 79.8 Å². The Bertz CT molecular complexity index is 912. The minimum Gasteiger partial charge on any atom is -0.444 e. The number of pyridine rings is 1. The molecule has 0 saturated carbocycles. The maximum atomic E-state index is 5.72. The van der Waals surface area contributed by atoms with Crippen LogP contribution in [-0.2, 0) is 6.54 Å². The highest BCUT2D eigenvalue weighted by Gasteiger charge is 2.21. The van der Waals surface area contributed by atoms with Crippen LogP contribution in [0.1, 0.15) is 30.2 Å². The Hall–Kier alpha value is -1.92. The number of piperidine rings is 1. The molecule has 0 bridgehead atoms. The van der Waals surface area contributed by atoms with E-state index in [1.54, 1.807) is 0 Å². The van der Waals surface area contributed by atoms with E-state index in [1.807, 2.05) is 26.0 Å². The summed E-state index contributed by atoms with van der Waals surface area (Å²) in [6.07, 6.45) is 2.37. The second-order valence-corrected chi connectivity index (χ2v) is 8.21. The third kappa shape index (κ3) is 4.33. The fourth-order valence-corrected chi connectivity index (χ4v) is 4.08. The van der Waals surface area contributed by atoms with Gasteiger partial charge in [0.05, 0.1) is 17.8 Å². The third-order valence-electron chi connectivity index (χ3n) is 5.38. The zero-order valence-electron chi connectivity index (χ0n) is 15.8. The topological polar surface area (TPSA) is 54.2 Å². The van der Waals surface area contributed by atoms with Gasteiger partial charge in [0, 0.05) is 16.4 Å². The Labute approximate surface area is 168 Å². The highest BCUT2D eigenvalue weighted by atomic mass is 79.9. The predicted molar refractivity (Wildman–Crippen MR) is 112 cm³/mol. The van der Waals surface area contributed by atoms with Crippen molar-refractivity contribution in [3.05, 3.63) is 52.1 Å². The molecule has 1 fully saturated rings. The Kier molecular flexibility index (Phi) is 5.45. The van der Waals surface area contributed by atoms with Gasteiger partial charge in [-0.15, -0.1) is 0 Å². The fourth-order valence-electron chi connectivity index (χ4n) is 3.61. The molecule has 0 unspecified atom stereocenters. The number of nitrogens with zero attached hydrogens (tertiary/aromatic N) is 3. The standard InChI is InChI=1S/C21H25BrN4O/c1-14-15(2)27-20(24-14)13-26-10-8-16(9-11-26)12-23-19-7-6-17-4-3-5-18(22)21(17)25-19/h3-7,16H,8-13H2,1-2H3,(H,23,25). The van der Waals surface area contributed by atoms with Gasteiger partial charge in [0.15, 0.2) is 0 Å². The number of hydrogen-bond donors (Lipinski definition) is 1.